The molecule has 2 rings (SSSR count). The Morgan fingerprint density at radius 2 is 2.04 bits per heavy atom. The molecule has 1 atom stereocenters. The Kier molecular flexibility index (Phi) is 6.14. The first kappa shape index (κ1) is 18.2. The summed E-state index contributed by atoms with van der Waals surface area (Å²) in [5.74, 6) is -0.267. The number of nitrogens with zero attached hydrogens (tertiary/aromatic N) is 3. The lowest BCUT2D eigenvalue weighted by Gasteiger charge is -2.21. The van der Waals surface area contributed by atoms with Gasteiger partial charge in [0, 0.05) is 44.5 Å². The average molecular weight is 334 g/mol. The monoisotopic (exact) mass is 334 g/mol. The molecule has 7 nitrogen and oxygen atoms in total. The van der Waals surface area contributed by atoms with Crippen molar-refractivity contribution in [3.8, 4) is 0 Å². The fraction of sp³-hybridized carbons (Fsp3) is 0.588. The molecular weight excluding hydrogens is 308 g/mol. The Morgan fingerprint density at radius 1 is 1.38 bits per heavy atom. The van der Waals surface area contributed by atoms with E-state index >= 15 is 0 Å². The Labute approximate surface area is 142 Å². The van der Waals surface area contributed by atoms with Gasteiger partial charge in [0.05, 0.1) is 10.5 Å². The third-order valence-electron chi connectivity index (χ3n) is 4.37. The summed E-state index contributed by atoms with van der Waals surface area (Å²) in [6.07, 6.45) is 3.37. The van der Waals surface area contributed by atoms with E-state index in [0.29, 0.717) is 11.3 Å². The summed E-state index contributed by atoms with van der Waals surface area (Å²) in [4.78, 5) is 27.3. The number of nitro groups is 1. The highest BCUT2D eigenvalue weighted by atomic mass is 16.6. The summed E-state index contributed by atoms with van der Waals surface area (Å²) in [7, 11) is 3.63. The fourth-order valence-corrected chi connectivity index (χ4v) is 2.97. The van der Waals surface area contributed by atoms with Crippen molar-refractivity contribution in [3.05, 3.63) is 33.9 Å². The van der Waals surface area contributed by atoms with Gasteiger partial charge in [-0.2, -0.15) is 0 Å². The summed E-state index contributed by atoms with van der Waals surface area (Å²) in [5, 5.41) is 14.0. The molecule has 1 aromatic rings. The highest BCUT2D eigenvalue weighted by Crippen LogP contribution is 2.24. The van der Waals surface area contributed by atoms with Crippen LogP contribution in [-0.4, -0.2) is 55.5 Å². The van der Waals surface area contributed by atoms with Crippen LogP contribution in [0.1, 0.15) is 36.5 Å². The minimum absolute atomic E-state index is 0.0207. The number of hydrogen-bond donors (Lipinski definition) is 1. The van der Waals surface area contributed by atoms with Crippen molar-refractivity contribution in [2.45, 2.75) is 32.2 Å². The van der Waals surface area contributed by atoms with Crippen LogP contribution in [0.4, 0.5) is 11.4 Å². The molecule has 132 valence electrons. The predicted octanol–water partition coefficient (Wildman–Crippen LogP) is 2.26. The van der Waals surface area contributed by atoms with Gasteiger partial charge in [0.1, 0.15) is 0 Å². The largest absolute Gasteiger partial charge is 0.377 e. The summed E-state index contributed by atoms with van der Waals surface area (Å²) in [6.45, 7) is 5.21. The Bertz CT molecular complexity index is 597. The van der Waals surface area contributed by atoms with E-state index in [1.165, 1.54) is 25.0 Å². The second kappa shape index (κ2) is 8.10. The van der Waals surface area contributed by atoms with E-state index in [-0.39, 0.29) is 17.6 Å². The molecule has 0 unspecified atom stereocenters. The lowest BCUT2D eigenvalue weighted by atomic mass is 10.1. The Morgan fingerprint density at radius 3 is 2.62 bits per heavy atom. The lowest BCUT2D eigenvalue weighted by Crippen LogP contribution is -2.36. The van der Waals surface area contributed by atoms with E-state index in [0.717, 1.165) is 26.1 Å². The maximum absolute atomic E-state index is 12.6. The molecule has 24 heavy (non-hydrogen) atoms. The van der Waals surface area contributed by atoms with Crippen LogP contribution in [-0.2, 0) is 0 Å². The fourth-order valence-electron chi connectivity index (χ4n) is 2.97. The molecule has 0 aromatic heterocycles. The quantitative estimate of drug-likeness (QED) is 0.611. The number of carbonyl (C=O) groups is 1. The van der Waals surface area contributed by atoms with Gasteiger partial charge in [-0.15, -0.1) is 0 Å². The zero-order chi connectivity index (χ0) is 17.7. The van der Waals surface area contributed by atoms with Crippen LogP contribution in [0.3, 0.4) is 0 Å². The number of rotatable bonds is 7. The van der Waals surface area contributed by atoms with Gasteiger partial charge in [-0.3, -0.25) is 14.9 Å². The van der Waals surface area contributed by atoms with Gasteiger partial charge in [0.15, 0.2) is 0 Å². The molecule has 0 radical (unpaired) electrons. The van der Waals surface area contributed by atoms with Crippen LogP contribution >= 0.6 is 0 Å². The van der Waals surface area contributed by atoms with E-state index in [4.69, 9.17) is 0 Å². The summed E-state index contributed by atoms with van der Waals surface area (Å²) in [6, 6.07) is 4.40. The second-order valence-electron chi connectivity index (χ2n) is 6.56. The molecule has 1 aliphatic rings. The molecular formula is C17H26N4O3. The van der Waals surface area contributed by atoms with Crippen LogP contribution in [0.2, 0.25) is 0 Å². The van der Waals surface area contributed by atoms with Crippen LogP contribution in [0.5, 0.6) is 0 Å². The molecule has 1 heterocycles. The average Bonchev–Trinajstić information content (AvgIpc) is 3.05. The third-order valence-corrected chi connectivity index (χ3v) is 4.37. The zero-order valence-electron chi connectivity index (χ0n) is 14.6. The van der Waals surface area contributed by atoms with Crippen LogP contribution in [0.15, 0.2) is 18.2 Å². The number of non-ortho nitro benzene ring substituents is 1. The van der Waals surface area contributed by atoms with Crippen molar-refractivity contribution in [1.82, 2.24) is 10.2 Å². The van der Waals surface area contributed by atoms with E-state index in [1.54, 1.807) is 11.0 Å². The maximum Gasteiger partial charge on any atom is 0.270 e. The van der Waals surface area contributed by atoms with Gasteiger partial charge in [0.25, 0.3) is 11.6 Å². The molecule has 0 bridgehead atoms. The molecule has 0 spiro atoms. The molecule has 1 aliphatic heterocycles. The third kappa shape index (κ3) is 4.67. The van der Waals surface area contributed by atoms with E-state index in [1.807, 2.05) is 21.0 Å². The van der Waals surface area contributed by atoms with Crippen LogP contribution < -0.4 is 10.2 Å². The predicted molar refractivity (Wildman–Crippen MR) is 94.6 cm³/mol. The van der Waals surface area contributed by atoms with Gasteiger partial charge in [0.2, 0.25) is 0 Å². The topological polar surface area (TPSA) is 78.7 Å². The van der Waals surface area contributed by atoms with Crippen LogP contribution in [0, 0.1) is 10.1 Å². The lowest BCUT2D eigenvalue weighted by molar-refractivity contribution is -0.384. The maximum atomic E-state index is 12.6. The summed E-state index contributed by atoms with van der Waals surface area (Å²) < 4.78 is 0. The molecule has 0 saturated carbocycles. The van der Waals surface area contributed by atoms with E-state index in [2.05, 4.69) is 10.2 Å². The first-order valence-electron chi connectivity index (χ1n) is 8.37. The first-order chi connectivity index (χ1) is 11.4. The van der Waals surface area contributed by atoms with Crippen molar-refractivity contribution in [2.75, 3.05) is 38.6 Å². The Balaban J connectivity index is 2.03. The zero-order valence-corrected chi connectivity index (χ0v) is 14.6. The highest BCUT2D eigenvalue weighted by Gasteiger charge is 2.20. The number of anilines is 1. The minimum atomic E-state index is -0.479. The summed E-state index contributed by atoms with van der Waals surface area (Å²) >= 11 is 0. The van der Waals surface area contributed by atoms with Gasteiger partial charge in [-0.25, -0.2) is 0 Å². The molecule has 1 fully saturated rings. The van der Waals surface area contributed by atoms with Gasteiger partial charge in [-0.05, 0) is 45.3 Å². The number of hydrogen-bond acceptors (Lipinski definition) is 5. The SMILES string of the molecule is C[C@H](CCN1CCCC1)NC(=O)c1cc([N+](=O)[O-])ccc1N(C)C. The number of carbonyl (C=O) groups excluding carboxylic acids is 1. The number of nitrogens with one attached hydrogen (secondary N) is 1. The normalized spacial score (nSPS) is 16.0. The molecule has 1 N–H and O–H groups in total. The minimum Gasteiger partial charge on any atom is -0.377 e. The smallest absolute Gasteiger partial charge is 0.270 e. The van der Waals surface area contributed by atoms with Crippen molar-refractivity contribution >= 4 is 17.3 Å². The van der Waals surface area contributed by atoms with E-state index in [9.17, 15) is 14.9 Å². The molecule has 1 saturated heterocycles. The molecule has 0 aliphatic carbocycles. The standard InChI is InChI=1S/C17H26N4O3/c1-13(8-11-20-9-4-5-10-20)18-17(22)15-12-14(21(23)24)6-7-16(15)19(2)3/h6-7,12-13H,4-5,8-11H2,1-3H3,(H,18,22)/t13-/m1/s1. The van der Waals surface area contributed by atoms with Crippen molar-refractivity contribution in [3.63, 3.8) is 0 Å². The molecule has 7 heteroatoms. The van der Waals surface area contributed by atoms with Gasteiger partial charge >= 0.3 is 0 Å². The highest BCUT2D eigenvalue weighted by molar-refractivity contribution is 6.00. The van der Waals surface area contributed by atoms with E-state index < -0.39 is 4.92 Å². The second-order valence-corrected chi connectivity index (χ2v) is 6.56. The van der Waals surface area contributed by atoms with Crippen LogP contribution in [0.25, 0.3) is 0 Å². The van der Waals surface area contributed by atoms with Crippen molar-refractivity contribution in [1.29, 1.82) is 0 Å². The Hall–Kier alpha value is -2.15. The van der Waals surface area contributed by atoms with Gasteiger partial charge in [-0.1, -0.05) is 0 Å². The molecule has 1 aromatic carbocycles. The summed E-state index contributed by atoms with van der Waals surface area (Å²) in [5.41, 5.74) is 0.933. The number of likely N-dealkylation sites (tertiary alicyclic amines) is 1. The van der Waals surface area contributed by atoms with Crippen molar-refractivity contribution in [2.24, 2.45) is 0 Å². The van der Waals surface area contributed by atoms with Gasteiger partial charge < -0.3 is 15.1 Å². The molecule has 1 amide bonds. The number of benzene rings is 1. The number of amides is 1. The number of nitro benzene ring substituents is 1. The van der Waals surface area contributed by atoms with Crippen molar-refractivity contribution < 1.29 is 9.72 Å². The first-order valence-corrected chi connectivity index (χ1v) is 8.37.